The lowest BCUT2D eigenvalue weighted by molar-refractivity contribution is 0.0951. The molecule has 0 bridgehead atoms. The SMILES string of the molecule is O=C(NCc1ccoc1)c1csc(C#CCO)c1. The fraction of sp³-hybridized carbons (Fsp3) is 0.154. The number of furan rings is 1. The molecule has 2 aromatic rings. The summed E-state index contributed by atoms with van der Waals surface area (Å²) in [7, 11) is 0. The Balaban J connectivity index is 1.94. The molecule has 2 rings (SSSR count). The molecule has 0 saturated carbocycles. The van der Waals surface area contributed by atoms with Gasteiger partial charge in [0.1, 0.15) is 6.61 Å². The van der Waals surface area contributed by atoms with Crippen molar-refractivity contribution in [3.8, 4) is 11.8 Å². The van der Waals surface area contributed by atoms with Gasteiger partial charge in [0.2, 0.25) is 0 Å². The minimum Gasteiger partial charge on any atom is -0.472 e. The summed E-state index contributed by atoms with van der Waals surface area (Å²) < 4.78 is 4.91. The predicted octanol–water partition coefficient (Wildman–Crippen LogP) is 1.61. The molecule has 5 heteroatoms. The maximum absolute atomic E-state index is 11.8. The molecule has 0 saturated heterocycles. The molecule has 0 spiro atoms. The summed E-state index contributed by atoms with van der Waals surface area (Å²) in [6.45, 7) is 0.253. The van der Waals surface area contributed by atoms with E-state index in [4.69, 9.17) is 9.52 Å². The van der Waals surface area contributed by atoms with Crippen LogP contribution >= 0.6 is 11.3 Å². The van der Waals surface area contributed by atoms with E-state index in [1.807, 2.05) is 0 Å². The van der Waals surface area contributed by atoms with E-state index in [-0.39, 0.29) is 12.5 Å². The molecule has 0 radical (unpaired) electrons. The zero-order valence-electron chi connectivity index (χ0n) is 9.47. The molecule has 18 heavy (non-hydrogen) atoms. The van der Waals surface area contributed by atoms with Crippen molar-refractivity contribution in [2.24, 2.45) is 0 Å². The molecule has 0 aliphatic carbocycles. The third-order valence-corrected chi connectivity index (χ3v) is 3.03. The smallest absolute Gasteiger partial charge is 0.252 e. The van der Waals surface area contributed by atoms with Crippen LogP contribution in [-0.2, 0) is 6.54 Å². The van der Waals surface area contributed by atoms with Gasteiger partial charge in [-0.25, -0.2) is 0 Å². The molecule has 0 aliphatic heterocycles. The van der Waals surface area contributed by atoms with Crippen LogP contribution in [0.2, 0.25) is 0 Å². The first kappa shape index (κ1) is 12.4. The van der Waals surface area contributed by atoms with Gasteiger partial charge in [-0.3, -0.25) is 4.79 Å². The maximum Gasteiger partial charge on any atom is 0.252 e. The van der Waals surface area contributed by atoms with Gasteiger partial charge in [0.25, 0.3) is 5.91 Å². The Bertz CT molecular complexity index is 575. The second-order valence-corrected chi connectivity index (χ2v) is 4.39. The molecule has 92 valence electrons. The highest BCUT2D eigenvalue weighted by atomic mass is 32.1. The number of amides is 1. The number of aliphatic hydroxyl groups excluding tert-OH is 1. The molecule has 2 aromatic heterocycles. The van der Waals surface area contributed by atoms with Crippen molar-refractivity contribution < 1.29 is 14.3 Å². The Hall–Kier alpha value is -2.03. The van der Waals surface area contributed by atoms with Gasteiger partial charge in [0, 0.05) is 17.5 Å². The van der Waals surface area contributed by atoms with Crippen molar-refractivity contribution in [2.45, 2.75) is 6.54 Å². The van der Waals surface area contributed by atoms with Crippen LogP contribution < -0.4 is 5.32 Å². The summed E-state index contributed by atoms with van der Waals surface area (Å²) in [5.41, 5.74) is 1.49. The van der Waals surface area contributed by atoms with Crippen LogP contribution in [0, 0.1) is 11.8 Å². The van der Waals surface area contributed by atoms with Gasteiger partial charge in [-0.05, 0) is 12.1 Å². The van der Waals surface area contributed by atoms with Crippen molar-refractivity contribution in [2.75, 3.05) is 6.61 Å². The molecule has 2 heterocycles. The van der Waals surface area contributed by atoms with Gasteiger partial charge in [0.05, 0.1) is 23.0 Å². The van der Waals surface area contributed by atoms with E-state index >= 15 is 0 Å². The van der Waals surface area contributed by atoms with E-state index in [1.54, 1.807) is 30.0 Å². The first-order valence-electron chi connectivity index (χ1n) is 5.27. The van der Waals surface area contributed by atoms with Crippen LogP contribution in [0.25, 0.3) is 0 Å². The lowest BCUT2D eigenvalue weighted by Gasteiger charge is -2.00. The van der Waals surface area contributed by atoms with Crippen molar-refractivity contribution >= 4 is 17.2 Å². The first-order chi connectivity index (χ1) is 8.79. The number of carbonyl (C=O) groups is 1. The summed E-state index contributed by atoms with van der Waals surface area (Å²) in [5.74, 6) is 5.16. The second-order valence-electron chi connectivity index (χ2n) is 3.47. The van der Waals surface area contributed by atoms with Crippen LogP contribution in [0.5, 0.6) is 0 Å². The van der Waals surface area contributed by atoms with Crippen molar-refractivity contribution in [1.29, 1.82) is 0 Å². The lowest BCUT2D eigenvalue weighted by Crippen LogP contribution is -2.21. The van der Waals surface area contributed by atoms with Gasteiger partial charge in [-0.2, -0.15) is 0 Å². The number of aliphatic hydroxyl groups is 1. The average molecular weight is 261 g/mol. The largest absolute Gasteiger partial charge is 0.472 e. The molecule has 1 amide bonds. The van der Waals surface area contributed by atoms with E-state index in [9.17, 15) is 4.79 Å². The van der Waals surface area contributed by atoms with Crippen LogP contribution in [0.1, 0.15) is 20.8 Å². The van der Waals surface area contributed by atoms with Crippen molar-refractivity contribution in [3.05, 3.63) is 46.0 Å². The van der Waals surface area contributed by atoms with Crippen LogP contribution in [-0.4, -0.2) is 17.6 Å². The predicted molar refractivity (Wildman–Crippen MR) is 68.2 cm³/mol. The van der Waals surface area contributed by atoms with Crippen molar-refractivity contribution in [3.63, 3.8) is 0 Å². The highest BCUT2D eigenvalue weighted by Gasteiger charge is 2.07. The second kappa shape index (κ2) is 6.05. The number of thiophene rings is 1. The summed E-state index contributed by atoms with van der Waals surface area (Å²) in [6.07, 6.45) is 3.15. The Labute approximate surface area is 108 Å². The Kier molecular flexibility index (Phi) is 4.18. The molecule has 0 fully saturated rings. The molecular weight excluding hydrogens is 250 g/mol. The van der Waals surface area contributed by atoms with Gasteiger partial charge >= 0.3 is 0 Å². The maximum atomic E-state index is 11.8. The number of rotatable bonds is 3. The Morgan fingerprint density at radius 3 is 3.17 bits per heavy atom. The number of hydrogen-bond donors (Lipinski definition) is 2. The Morgan fingerprint density at radius 1 is 1.56 bits per heavy atom. The van der Waals surface area contributed by atoms with E-state index in [2.05, 4.69) is 17.2 Å². The molecule has 0 atom stereocenters. The van der Waals surface area contributed by atoms with E-state index in [0.29, 0.717) is 12.1 Å². The highest BCUT2D eigenvalue weighted by molar-refractivity contribution is 7.10. The quantitative estimate of drug-likeness (QED) is 0.825. The van der Waals surface area contributed by atoms with Gasteiger partial charge < -0.3 is 14.8 Å². The highest BCUT2D eigenvalue weighted by Crippen LogP contribution is 2.13. The summed E-state index contributed by atoms with van der Waals surface area (Å²) in [5, 5.41) is 13.1. The fourth-order valence-electron chi connectivity index (χ4n) is 1.33. The third kappa shape index (κ3) is 3.23. The first-order valence-corrected chi connectivity index (χ1v) is 6.15. The van der Waals surface area contributed by atoms with Crippen molar-refractivity contribution in [1.82, 2.24) is 5.32 Å². The minimum absolute atomic E-state index is 0.149. The summed E-state index contributed by atoms with van der Waals surface area (Å²) in [4.78, 5) is 12.6. The fourth-order valence-corrected chi connectivity index (χ4v) is 2.08. The molecular formula is C13H11NO3S. The van der Waals surface area contributed by atoms with Crippen LogP contribution in [0.3, 0.4) is 0 Å². The molecule has 0 aromatic carbocycles. The van der Waals surface area contributed by atoms with Crippen LogP contribution in [0.4, 0.5) is 0 Å². The third-order valence-electron chi connectivity index (χ3n) is 2.19. The van der Waals surface area contributed by atoms with Gasteiger partial charge in [-0.1, -0.05) is 11.8 Å². The van der Waals surface area contributed by atoms with E-state index < -0.39 is 0 Å². The van der Waals surface area contributed by atoms with Crippen LogP contribution in [0.15, 0.2) is 34.5 Å². The number of carbonyl (C=O) groups excluding carboxylic acids is 1. The lowest BCUT2D eigenvalue weighted by atomic mass is 10.2. The summed E-state index contributed by atoms with van der Waals surface area (Å²) in [6, 6.07) is 3.50. The summed E-state index contributed by atoms with van der Waals surface area (Å²) >= 11 is 1.38. The zero-order valence-corrected chi connectivity index (χ0v) is 10.3. The van der Waals surface area contributed by atoms with Gasteiger partial charge in [-0.15, -0.1) is 11.3 Å². The van der Waals surface area contributed by atoms with E-state index in [1.165, 1.54) is 11.3 Å². The normalized spacial score (nSPS) is 9.61. The topological polar surface area (TPSA) is 62.5 Å². The monoisotopic (exact) mass is 261 g/mol. The molecule has 0 unspecified atom stereocenters. The zero-order chi connectivity index (χ0) is 12.8. The average Bonchev–Trinajstić information content (AvgIpc) is 3.04. The van der Waals surface area contributed by atoms with Gasteiger partial charge in [0.15, 0.2) is 0 Å². The molecule has 4 nitrogen and oxygen atoms in total. The molecule has 0 aliphatic rings. The molecule has 2 N–H and O–H groups in total. The Morgan fingerprint density at radius 2 is 2.44 bits per heavy atom. The number of nitrogens with one attached hydrogen (secondary N) is 1. The minimum atomic E-state index is -0.181. The van der Waals surface area contributed by atoms with E-state index in [0.717, 1.165) is 10.4 Å². The number of hydrogen-bond acceptors (Lipinski definition) is 4. The standard InChI is InChI=1S/C13H11NO3S/c15-4-1-2-12-6-11(9-18-12)13(16)14-7-10-3-5-17-8-10/h3,5-6,8-9,15H,4,7H2,(H,14,16).